The highest BCUT2D eigenvalue weighted by atomic mass is 16.5. The highest BCUT2D eigenvalue weighted by Gasteiger charge is 2.22. The molecule has 1 aromatic heterocycles. The van der Waals surface area contributed by atoms with Crippen molar-refractivity contribution in [2.75, 3.05) is 45.9 Å². The minimum atomic E-state index is 0.602. The zero-order valence-corrected chi connectivity index (χ0v) is 12.0. The molecule has 0 radical (unpaired) electrons. The van der Waals surface area contributed by atoms with Gasteiger partial charge in [0.15, 0.2) is 0 Å². The predicted molar refractivity (Wildman–Crippen MR) is 74.0 cm³/mol. The summed E-state index contributed by atoms with van der Waals surface area (Å²) >= 11 is 0. The summed E-state index contributed by atoms with van der Waals surface area (Å²) in [6.45, 7) is 12.4. The molecule has 0 aliphatic carbocycles. The standard InChI is InChI=1S/C13H25N5O/c1-3-19-9-8-17-6-4-16(10-13(17)2)5-7-18-12-14-11-15-18/h11-13H,3-10H2,1-2H3. The third kappa shape index (κ3) is 4.56. The number of nitrogens with zero attached hydrogens (tertiary/aromatic N) is 5. The van der Waals surface area contributed by atoms with Crippen LogP contribution in [0.15, 0.2) is 12.7 Å². The van der Waals surface area contributed by atoms with Crippen LogP contribution in [0.25, 0.3) is 0 Å². The van der Waals surface area contributed by atoms with Crippen LogP contribution in [0.3, 0.4) is 0 Å². The van der Waals surface area contributed by atoms with E-state index in [0.29, 0.717) is 6.04 Å². The Kier molecular flexibility index (Phi) is 5.75. The van der Waals surface area contributed by atoms with Crippen LogP contribution in [0.1, 0.15) is 13.8 Å². The van der Waals surface area contributed by atoms with Gasteiger partial charge in [-0.15, -0.1) is 0 Å². The van der Waals surface area contributed by atoms with E-state index in [9.17, 15) is 0 Å². The summed E-state index contributed by atoms with van der Waals surface area (Å²) in [6.07, 6.45) is 3.37. The monoisotopic (exact) mass is 267 g/mol. The van der Waals surface area contributed by atoms with Crippen LogP contribution in [0.5, 0.6) is 0 Å². The molecule has 0 saturated carbocycles. The van der Waals surface area contributed by atoms with Crippen LogP contribution < -0.4 is 0 Å². The number of ether oxygens (including phenoxy) is 1. The fourth-order valence-electron chi connectivity index (χ4n) is 2.52. The van der Waals surface area contributed by atoms with Crippen molar-refractivity contribution in [1.82, 2.24) is 24.6 Å². The summed E-state index contributed by atoms with van der Waals surface area (Å²) < 4.78 is 7.33. The second-order valence-corrected chi connectivity index (χ2v) is 5.04. The molecule has 6 heteroatoms. The van der Waals surface area contributed by atoms with E-state index >= 15 is 0 Å². The van der Waals surface area contributed by atoms with Gasteiger partial charge in [0.1, 0.15) is 12.7 Å². The van der Waals surface area contributed by atoms with Crippen molar-refractivity contribution >= 4 is 0 Å². The van der Waals surface area contributed by atoms with Crippen molar-refractivity contribution in [3.05, 3.63) is 12.7 Å². The van der Waals surface area contributed by atoms with Gasteiger partial charge < -0.3 is 4.74 Å². The molecule has 0 bridgehead atoms. The van der Waals surface area contributed by atoms with Gasteiger partial charge in [0.25, 0.3) is 0 Å². The quantitative estimate of drug-likeness (QED) is 0.666. The van der Waals surface area contributed by atoms with Crippen molar-refractivity contribution < 1.29 is 4.74 Å². The van der Waals surface area contributed by atoms with E-state index in [-0.39, 0.29) is 0 Å². The molecule has 1 atom stereocenters. The van der Waals surface area contributed by atoms with E-state index in [4.69, 9.17) is 4.74 Å². The van der Waals surface area contributed by atoms with E-state index < -0.39 is 0 Å². The largest absolute Gasteiger partial charge is 0.380 e. The molecule has 1 aliphatic rings. The van der Waals surface area contributed by atoms with Gasteiger partial charge in [-0.2, -0.15) is 5.10 Å². The molecular weight excluding hydrogens is 242 g/mol. The van der Waals surface area contributed by atoms with Crippen molar-refractivity contribution in [3.63, 3.8) is 0 Å². The molecule has 19 heavy (non-hydrogen) atoms. The van der Waals surface area contributed by atoms with Gasteiger partial charge in [0, 0.05) is 45.4 Å². The highest BCUT2D eigenvalue weighted by molar-refractivity contribution is 4.79. The average Bonchev–Trinajstić information content (AvgIpc) is 2.92. The average molecular weight is 267 g/mol. The lowest BCUT2D eigenvalue weighted by atomic mass is 10.2. The molecule has 0 N–H and O–H groups in total. The SMILES string of the molecule is CCOCCN1CCN(CCn2cncn2)CC1C. The van der Waals surface area contributed by atoms with Gasteiger partial charge in [-0.25, -0.2) is 4.98 Å². The maximum atomic E-state index is 5.43. The van der Waals surface area contributed by atoms with Crippen LogP contribution in [0, 0.1) is 0 Å². The minimum Gasteiger partial charge on any atom is -0.380 e. The van der Waals surface area contributed by atoms with E-state index in [2.05, 4.69) is 26.8 Å². The lowest BCUT2D eigenvalue weighted by Crippen LogP contribution is -2.53. The third-order valence-corrected chi connectivity index (χ3v) is 3.69. The summed E-state index contributed by atoms with van der Waals surface area (Å²) in [6, 6.07) is 0.602. The summed E-state index contributed by atoms with van der Waals surface area (Å²) in [4.78, 5) is 8.98. The van der Waals surface area contributed by atoms with Gasteiger partial charge in [-0.3, -0.25) is 14.5 Å². The van der Waals surface area contributed by atoms with Crippen LogP contribution in [0.2, 0.25) is 0 Å². The van der Waals surface area contributed by atoms with Gasteiger partial charge >= 0.3 is 0 Å². The zero-order chi connectivity index (χ0) is 13.5. The number of aromatic nitrogens is 3. The Balaban J connectivity index is 1.67. The van der Waals surface area contributed by atoms with Gasteiger partial charge in [-0.1, -0.05) is 0 Å². The lowest BCUT2D eigenvalue weighted by Gasteiger charge is -2.39. The fraction of sp³-hybridized carbons (Fsp3) is 0.846. The smallest absolute Gasteiger partial charge is 0.137 e. The van der Waals surface area contributed by atoms with E-state index in [1.807, 2.05) is 11.6 Å². The Bertz CT molecular complexity index is 343. The van der Waals surface area contributed by atoms with Gasteiger partial charge in [-0.05, 0) is 13.8 Å². The van der Waals surface area contributed by atoms with Crippen molar-refractivity contribution in [3.8, 4) is 0 Å². The lowest BCUT2D eigenvalue weighted by molar-refractivity contribution is 0.0479. The van der Waals surface area contributed by atoms with Crippen LogP contribution in [-0.2, 0) is 11.3 Å². The summed E-state index contributed by atoms with van der Waals surface area (Å²) in [5, 5.41) is 4.14. The molecule has 1 saturated heterocycles. The second-order valence-electron chi connectivity index (χ2n) is 5.04. The van der Waals surface area contributed by atoms with Gasteiger partial charge in [0.2, 0.25) is 0 Å². The van der Waals surface area contributed by atoms with E-state index in [1.165, 1.54) is 0 Å². The Labute approximate surface area is 115 Å². The van der Waals surface area contributed by atoms with Crippen molar-refractivity contribution in [2.45, 2.75) is 26.4 Å². The molecule has 6 nitrogen and oxygen atoms in total. The Morgan fingerprint density at radius 1 is 1.26 bits per heavy atom. The number of rotatable bonds is 7. The molecule has 1 aliphatic heterocycles. The third-order valence-electron chi connectivity index (χ3n) is 3.69. The number of hydrogen-bond acceptors (Lipinski definition) is 5. The summed E-state index contributed by atoms with van der Waals surface area (Å²) in [7, 11) is 0. The topological polar surface area (TPSA) is 46.4 Å². The molecular formula is C13H25N5O. The number of piperazine rings is 1. The fourth-order valence-corrected chi connectivity index (χ4v) is 2.52. The first-order chi connectivity index (χ1) is 9.29. The molecule has 0 aromatic carbocycles. The highest BCUT2D eigenvalue weighted by Crippen LogP contribution is 2.09. The molecule has 1 fully saturated rings. The van der Waals surface area contributed by atoms with E-state index in [0.717, 1.165) is 52.5 Å². The first-order valence-electron chi connectivity index (χ1n) is 7.16. The first kappa shape index (κ1) is 14.4. The number of hydrogen-bond donors (Lipinski definition) is 0. The van der Waals surface area contributed by atoms with Crippen LogP contribution in [0.4, 0.5) is 0 Å². The second kappa shape index (κ2) is 7.57. The molecule has 108 valence electrons. The summed E-state index contributed by atoms with van der Waals surface area (Å²) in [5.41, 5.74) is 0. The van der Waals surface area contributed by atoms with Crippen LogP contribution in [-0.4, -0.2) is 76.5 Å². The predicted octanol–water partition coefficient (Wildman–Crippen LogP) is 0.321. The summed E-state index contributed by atoms with van der Waals surface area (Å²) in [5.74, 6) is 0. The maximum absolute atomic E-state index is 5.43. The van der Waals surface area contributed by atoms with E-state index in [1.54, 1.807) is 12.7 Å². The maximum Gasteiger partial charge on any atom is 0.137 e. The molecule has 2 heterocycles. The van der Waals surface area contributed by atoms with Gasteiger partial charge in [0.05, 0.1) is 13.2 Å². The molecule has 1 aromatic rings. The van der Waals surface area contributed by atoms with Crippen molar-refractivity contribution in [2.24, 2.45) is 0 Å². The molecule has 2 rings (SSSR count). The Hall–Kier alpha value is -0.980. The molecule has 0 spiro atoms. The van der Waals surface area contributed by atoms with Crippen molar-refractivity contribution in [1.29, 1.82) is 0 Å². The molecule has 1 unspecified atom stereocenters. The Morgan fingerprint density at radius 2 is 2.16 bits per heavy atom. The zero-order valence-electron chi connectivity index (χ0n) is 12.0. The van der Waals surface area contributed by atoms with Crippen LogP contribution >= 0.6 is 0 Å². The first-order valence-corrected chi connectivity index (χ1v) is 7.16. The Morgan fingerprint density at radius 3 is 2.84 bits per heavy atom. The minimum absolute atomic E-state index is 0.602. The molecule has 0 amide bonds. The normalized spacial score (nSPS) is 21.9.